The fraction of sp³-hybridized carbons (Fsp3) is 0.455. The third-order valence-corrected chi connectivity index (χ3v) is 8.92. The van der Waals surface area contributed by atoms with Crippen LogP contribution in [0.4, 0.5) is 0 Å². The zero-order valence-corrected chi connectivity index (χ0v) is 18.9. The summed E-state index contributed by atoms with van der Waals surface area (Å²) >= 11 is 0. The molecule has 25 heavy (non-hydrogen) atoms. The number of ether oxygens (including phenoxy) is 1. The Hall–Kier alpha value is -1.33. The highest BCUT2D eigenvalue weighted by Crippen LogP contribution is 2.48. The quantitative estimate of drug-likeness (QED) is 0.642. The predicted octanol–water partition coefficient (Wildman–Crippen LogP) is 5.56. The molecule has 0 spiro atoms. The van der Waals surface area contributed by atoms with Gasteiger partial charge in [0.05, 0.1) is 13.5 Å². The molecule has 0 fully saturated rings. The Morgan fingerprint density at radius 3 is 2.24 bits per heavy atom. The lowest BCUT2D eigenvalue weighted by molar-refractivity contribution is 0.302. The predicted molar refractivity (Wildman–Crippen MR) is 115 cm³/mol. The van der Waals surface area contributed by atoms with E-state index in [9.17, 15) is 0 Å². The minimum atomic E-state index is -1.44. The third kappa shape index (κ3) is 3.49. The smallest absolute Gasteiger partial charge is 0.123 e. The molecule has 0 amide bonds. The van der Waals surface area contributed by atoms with Crippen molar-refractivity contribution in [3.63, 3.8) is 0 Å². The SMILES string of the molecule is Cc1ccc2c(c1)C(C[Si](C)(C)C)(c1ccccc1[Si](C)(C)C)CO2. The molecule has 1 unspecified atom stereocenters. The van der Waals surface area contributed by atoms with Crippen LogP contribution < -0.4 is 9.92 Å². The van der Waals surface area contributed by atoms with Gasteiger partial charge < -0.3 is 4.74 Å². The van der Waals surface area contributed by atoms with Crippen molar-refractivity contribution in [2.75, 3.05) is 6.61 Å². The monoisotopic (exact) mass is 368 g/mol. The molecule has 0 saturated carbocycles. The molecule has 0 radical (unpaired) electrons. The lowest BCUT2D eigenvalue weighted by atomic mass is 9.77. The van der Waals surface area contributed by atoms with Gasteiger partial charge in [-0.2, -0.15) is 0 Å². The molecule has 0 bridgehead atoms. The van der Waals surface area contributed by atoms with Crippen LogP contribution >= 0.6 is 0 Å². The van der Waals surface area contributed by atoms with Crippen molar-refractivity contribution in [1.82, 2.24) is 0 Å². The first-order valence-electron chi connectivity index (χ1n) is 9.37. The van der Waals surface area contributed by atoms with Crippen LogP contribution in [-0.2, 0) is 5.41 Å². The highest BCUT2D eigenvalue weighted by atomic mass is 28.3. The largest absolute Gasteiger partial charge is 0.492 e. The second kappa shape index (κ2) is 6.13. The van der Waals surface area contributed by atoms with Crippen molar-refractivity contribution in [3.8, 4) is 5.75 Å². The van der Waals surface area contributed by atoms with Crippen molar-refractivity contribution in [2.24, 2.45) is 0 Å². The molecule has 2 aromatic carbocycles. The fourth-order valence-electron chi connectivity index (χ4n) is 4.35. The molecule has 1 atom stereocenters. The van der Waals surface area contributed by atoms with Gasteiger partial charge in [0.1, 0.15) is 12.4 Å². The van der Waals surface area contributed by atoms with Crippen LogP contribution in [0.2, 0.25) is 45.3 Å². The van der Waals surface area contributed by atoms with Crippen molar-refractivity contribution in [2.45, 2.75) is 57.7 Å². The van der Waals surface area contributed by atoms with Gasteiger partial charge in [-0.1, -0.05) is 86.4 Å². The van der Waals surface area contributed by atoms with Gasteiger partial charge >= 0.3 is 0 Å². The van der Waals surface area contributed by atoms with Gasteiger partial charge in [-0.25, -0.2) is 0 Å². The molecule has 1 heterocycles. The Balaban J connectivity index is 2.29. The van der Waals surface area contributed by atoms with E-state index < -0.39 is 16.1 Å². The molecule has 2 aromatic rings. The third-order valence-electron chi connectivity index (χ3n) is 5.21. The number of fused-ring (bicyclic) bond motifs is 1. The molecule has 134 valence electrons. The summed E-state index contributed by atoms with van der Waals surface area (Å²) in [5.41, 5.74) is 4.29. The van der Waals surface area contributed by atoms with Gasteiger partial charge in [-0.05, 0) is 24.6 Å². The molecule has 0 aromatic heterocycles. The minimum Gasteiger partial charge on any atom is -0.492 e. The molecule has 0 saturated heterocycles. The van der Waals surface area contributed by atoms with E-state index in [0.29, 0.717) is 0 Å². The summed E-state index contributed by atoms with van der Waals surface area (Å²) in [5, 5.41) is 1.59. The second-order valence-corrected chi connectivity index (χ2v) is 20.4. The summed E-state index contributed by atoms with van der Waals surface area (Å²) in [6.07, 6.45) is 0. The first-order valence-corrected chi connectivity index (χ1v) is 16.6. The summed E-state index contributed by atoms with van der Waals surface area (Å²) in [4.78, 5) is 0. The Morgan fingerprint density at radius 1 is 0.920 bits per heavy atom. The Morgan fingerprint density at radius 2 is 1.60 bits per heavy atom. The normalized spacial score (nSPS) is 20.3. The number of aryl methyl sites for hydroxylation is 1. The van der Waals surface area contributed by atoms with E-state index in [4.69, 9.17) is 4.74 Å². The Kier molecular flexibility index (Phi) is 4.53. The fourth-order valence-corrected chi connectivity index (χ4v) is 8.37. The van der Waals surface area contributed by atoms with Crippen molar-refractivity contribution < 1.29 is 4.74 Å². The van der Waals surface area contributed by atoms with Gasteiger partial charge in [0.25, 0.3) is 0 Å². The average Bonchev–Trinajstić information content (AvgIpc) is 2.84. The van der Waals surface area contributed by atoms with E-state index in [1.165, 1.54) is 22.7 Å². The lowest BCUT2D eigenvalue weighted by Crippen LogP contribution is -2.48. The van der Waals surface area contributed by atoms with E-state index >= 15 is 0 Å². The summed E-state index contributed by atoms with van der Waals surface area (Å²) in [5.74, 6) is 1.09. The van der Waals surface area contributed by atoms with E-state index in [0.717, 1.165) is 12.4 Å². The van der Waals surface area contributed by atoms with Crippen LogP contribution in [0, 0.1) is 6.92 Å². The molecule has 1 aliphatic heterocycles. The van der Waals surface area contributed by atoms with E-state index in [-0.39, 0.29) is 5.41 Å². The van der Waals surface area contributed by atoms with Gasteiger partial charge in [-0.15, -0.1) is 0 Å². The molecular weight excluding hydrogens is 336 g/mol. The lowest BCUT2D eigenvalue weighted by Gasteiger charge is -2.38. The van der Waals surface area contributed by atoms with Crippen LogP contribution in [0.1, 0.15) is 16.7 Å². The molecular formula is C22H32OSi2. The zero-order valence-electron chi connectivity index (χ0n) is 16.9. The first-order chi connectivity index (χ1) is 11.5. The summed E-state index contributed by atoms with van der Waals surface area (Å²) in [7, 11) is -2.75. The van der Waals surface area contributed by atoms with Gasteiger partial charge in [-0.3, -0.25) is 0 Å². The minimum absolute atomic E-state index is 0.0166. The molecule has 1 nitrogen and oxygen atoms in total. The zero-order chi connectivity index (χ0) is 18.5. The van der Waals surface area contributed by atoms with Crippen molar-refractivity contribution >= 4 is 21.3 Å². The van der Waals surface area contributed by atoms with Crippen LogP contribution in [0.15, 0.2) is 42.5 Å². The van der Waals surface area contributed by atoms with E-state index in [1.54, 1.807) is 5.19 Å². The average molecular weight is 369 g/mol. The highest BCUT2D eigenvalue weighted by Gasteiger charge is 2.47. The van der Waals surface area contributed by atoms with Crippen LogP contribution in [0.5, 0.6) is 5.75 Å². The Labute approximate surface area is 155 Å². The molecule has 3 rings (SSSR count). The van der Waals surface area contributed by atoms with Crippen molar-refractivity contribution in [1.29, 1.82) is 0 Å². The highest BCUT2D eigenvalue weighted by molar-refractivity contribution is 6.89. The molecule has 1 aliphatic rings. The molecule has 3 heteroatoms. The standard InChI is InChI=1S/C22H32OSi2/c1-17-12-13-20-19(14-17)22(15-23-20,16-24(2,3)4)18-10-8-9-11-21(18)25(5,6)7/h8-14H,15-16H2,1-7H3. The van der Waals surface area contributed by atoms with Crippen molar-refractivity contribution in [3.05, 3.63) is 59.2 Å². The Bertz CT molecular complexity index is 783. The van der Waals surface area contributed by atoms with Gasteiger partial charge in [0.2, 0.25) is 0 Å². The van der Waals surface area contributed by atoms with Gasteiger partial charge in [0, 0.05) is 13.6 Å². The van der Waals surface area contributed by atoms with E-state index in [1.807, 2.05) is 0 Å². The van der Waals surface area contributed by atoms with E-state index in [2.05, 4.69) is 88.7 Å². The summed E-state index contributed by atoms with van der Waals surface area (Å²) in [6, 6.07) is 17.2. The number of hydrogen-bond donors (Lipinski definition) is 0. The summed E-state index contributed by atoms with van der Waals surface area (Å²) < 4.78 is 6.28. The molecule has 0 N–H and O–H groups in total. The number of rotatable bonds is 4. The topological polar surface area (TPSA) is 9.23 Å². The summed E-state index contributed by atoms with van der Waals surface area (Å²) in [6.45, 7) is 17.8. The second-order valence-electron chi connectivity index (χ2n) is 9.90. The first kappa shape index (κ1) is 18.5. The maximum absolute atomic E-state index is 6.28. The van der Waals surface area contributed by atoms with Crippen LogP contribution in [0.3, 0.4) is 0 Å². The maximum Gasteiger partial charge on any atom is 0.123 e. The van der Waals surface area contributed by atoms with Crippen LogP contribution in [-0.4, -0.2) is 22.8 Å². The maximum atomic E-state index is 6.28. The number of hydrogen-bond acceptors (Lipinski definition) is 1. The van der Waals surface area contributed by atoms with Crippen LogP contribution in [0.25, 0.3) is 0 Å². The number of benzene rings is 2. The van der Waals surface area contributed by atoms with Gasteiger partial charge in [0.15, 0.2) is 0 Å². The molecule has 0 aliphatic carbocycles.